The molecule has 6 heteroatoms. The first-order valence-corrected chi connectivity index (χ1v) is 12.0. The highest BCUT2D eigenvalue weighted by Crippen LogP contribution is 2.60. The molecule has 0 N–H and O–H groups in total. The first-order valence-electron chi connectivity index (χ1n) is 12.0. The second-order valence-corrected chi connectivity index (χ2v) is 12.0. The van der Waals surface area contributed by atoms with Gasteiger partial charge in [-0.2, -0.15) is 0 Å². The van der Waals surface area contributed by atoms with Gasteiger partial charge in [0.25, 0.3) is 0 Å². The number of hydrogen-bond donors (Lipinski definition) is 0. The van der Waals surface area contributed by atoms with Gasteiger partial charge in [0.1, 0.15) is 5.60 Å². The molecule has 5 aliphatic rings. The number of carbonyl (C=O) groups excluding carboxylic acids is 3. The van der Waals surface area contributed by atoms with E-state index in [0.29, 0.717) is 49.5 Å². The minimum absolute atomic E-state index is 0.148. The minimum atomic E-state index is -0.803. The maximum Gasteiger partial charge on any atom is 0.347 e. The molecule has 0 amide bonds. The van der Waals surface area contributed by atoms with Gasteiger partial charge in [0.05, 0.1) is 17.4 Å². The number of cyclic esters (lactones) is 1. The Labute approximate surface area is 185 Å². The third-order valence-electron chi connectivity index (χ3n) is 8.66. The van der Waals surface area contributed by atoms with Gasteiger partial charge < -0.3 is 14.2 Å². The van der Waals surface area contributed by atoms with Crippen LogP contribution in [0.5, 0.6) is 0 Å². The summed E-state index contributed by atoms with van der Waals surface area (Å²) in [5, 5.41) is 0. The second kappa shape index (κ2) is 7.77. The fourth-order valence-corrected chi connectivity index (χ4v) is 6.42. The lowest BCUT2D eigenvalue weighted by Gasteiger charge is -2.59. The standard InChI is InChI=1S/C25H38O6/c1-15-18-11-16-10-17(12-18)14-25(15,13-16)31-22(28)24(4,5)8-7-23(2,3)21(27)30-19-6-9-29-20(19)26/h15-19H,6-14H2,1-5H3. The van der Waals surface area contributed by atoms with E-state index in [4.69, 9.17) is 14.2 Å². The maximum absolute atomic E-state index is 13.3. The van der Waals surface area contributed by atoms with Crippen LogP contribution in [0.3, 0.4) is 0 Å². The Kier molecular flexibility index (Phi) is 5.66. The van der Waals surface area contributed by atoms with Gasteiger partial charge >= 0.3 is 17.9 Å². The lowest BCUT2D eigenvalue weighted by atomic mass is 9.50. The van der Waals surface area contributed by atoms with Gasteiger partial charge in [-0.1, -0.05) is 6.92 Å². The fraction of sp³-hybridized carbons (Fsp3) is 0.880. The summed E-state index contributed by atoms with van der Waals surface area (Å²) in [5.74, 6) is 1.50. The van der Waals surface area contributed by atoms with Crippen LogP contribution < -0.4 is 0 Å². The number of ether oxygens (including phenoxy) is 3. The average molecular weight is 435 g/mol. The SMILES string of the molecule is CC1C2CC3CC(C2)CC1(OC(=O)C(C)(C)CCC(C)(C)C(=O)OC1CCOC1=O)C3. The molecule has 1 saturated heterocycles. The van der Waals surface area contributed by atoms with Crippen molar-refractivity contribution in [2.75, 3.05) is 6.61 Å². The van der Waals surface area contributed by atoms with Crippen LogP contribution in [0.1, 0.15) is 86.0 Å². The Morgan fingerprint density at radius 3 is 2.13 bits per heavy atom. The molecule has 0 radical (unpaired) electrons. The van der Waals surface area contributed by atoms with Crippen molar-refractivity contribution in [2.24, 2.45) is 34.5 Å². The second-order valence-electron chi connectivity index (χ2n) is 12.0. The molecule has 4 bridgehead atoms. The van der Waals surface area contributed by atoms with E-state index in [1.54, 1.807) is 13.8 Å². The first kappa shape index (κ1) is 22.6. The summed E-state index contributed by atoms with van der Waals surface area (Å²) in [6.07, 6.45) is 6.52. The largest absolute Gasteiger partial charge is 0.463 e. The van der Waals surface area contributed by atoms with Crippen LogP contribution in [-0.4, -0.2) is 36.2 Å². The molecule has 4 unspecified atom stereocenters. The van der Waals surface area contributed by atoms with Crippen LogP contribution in [0.2, 0.25) is 0 Å². The van der Waals surface area contributed by atoms with E-state index < -0.39 is 28.9 Å². The molecule has 0 aromatic rings. The lowest BCUT2D eigenvalue weighted by molar-refractivity contribution is -0.213. The molecule has 5 fully saturated rings. The van der Waals surface area contributed by atoms with Crippen molar-refractivity contribution in [3.8, 4) is 0 Å². The van der Waals surface area contributed by atoms with Gasteiger partial charge in [0, 0.05) is 6.42 Å². The predicted octanol–water partition coefficient (Wildman–Crippen LogP) is 4.44. The molecule has 6 nitrogen and oxygen atoms in total. The summed E-state index contributed by atoms with van der Waals surface area (Å²) in [6, 6.07) is 0. The van der Waals surface area contributed by atoms with Crippen LogP contribution >= 0.6 is 0 Å². The van der Waals surface area contributed by atoms with Crippen molar-refractivity contribution >= 4 is 17.9 Å². The van der Waals surface area contributed by atoms with Crippen molar-refractivity contribution in [1.82, 2.24) is 0 Å². The first-order chi connectivity index (χ1) is 14.4. The summed E-state index contributed by atoms with van der Waals surface area (Å²) < 4.78 is 16.6. The fourth-order valence-electron chi connectivity index (χ4n) is 6.42. The van der Waals surface area contributed by atoms with Crippen molar-refractivity contribution in [1.29, 1.82) is 0 Å². The Morgan fingerprint density at radius 2 is 1.58 bits per heavy atom. The molecule has 1 heterocycles. The molecule has 4 saturated carbocycles. The topological polar surface area (TPSA) is 78.9 Å². The highest BCUT2D eigenvalue weighted by Gasteiger charge is 2.58. The van der Waals surface area contributed by atoms with E-state index in [-0.39, 0.29) is 11.6 Å². The van der Waals surface area contributed by atoms with Crippen molar-refractivity contribution in [2.45, 2.75) is 97.7 Å². The summed E-state index contributed by atoms with van der Waals surface area (Å²) in [5.41, 5.74) is -1.78. The maximum atomic E-state index is 13.3. The molecule has 4 atom stereocenters. The third-order valence-corrected chi connectivity index (χ3v) is 8.66. The number of hydrogen-bond acceptors (Lipinski definition) is 6. The van der Waals surface area contributed by atoms with Gasteiger partial charge in [-0.25, -0.2) is 4.79 Å². The van der Waals surface area contributed by atoms with Gasteiger partial charge in [-0.3, -0.25) is 9.59 Å². The Bertz CT molecular complexity index is 739. The molecule has 0 aromatic carbocycles. The Balaban J connectivity index is 1.35. The number of rotatable bonds is 7. The Morgan fingerprint density at radius 1 is 1.00 bits per heavy atom. The summed E-state index contributed by atoms with van der Waals surface area (Å²) in [6.45, 7) is 10.00. The molecule has 4 aliphatic carbocycles. The molecule has 0 aromatic heterocycles. The van der Waals surface area contributed by atoms with E-state index in [1.165, 1.54) is 19.3 Å². The lowest BCUT2D eigenvalue weighted by Crippen LogP contribution is -2.59. The van der Waals surface area contributed by atoms with Gasteiger partial charge in [-0.15, -0.1) is 0 Å². The monoisotopic (exact) mass is 434 g/mol. The van der Waals surface area contributed by atoms with Crippen molar-refractivity contribution < 1.29 is 28.6 Å². The number of carbonyl (C=O) groups is 3. The summed E-state index contributed by atoms with van der Waals surface area (Å²) >= 11 is 0. The predicted molar refractivity (Wildman–Crippen MR) is 114 cm³/mol. The van der Waals surface area contributed by atoms with Crippen LogP contribution in [0, 0.1) is 34.5 Å². The van der Waals surface area contributed by atoms with E-state index in [0.717, 1.165) is 12.8 Å². The van der Waals surface area contributed by atoms with Crippen molar-refractivity contribution in [3.63, 3.8) is 0 Å². The summed E-state index contributed by atoms with van der Waals surface area (Å²) in [4.78, 5) is 37.6. The smallest absolute Gasteiger partial charge is 0.347 e. The van der Waals surface area contributed by atoms with Gasteiger partial charge in [0.15, 0.2) is 0 Å². The minimum Gasteiger partial charge on any atom is -0.463 e. The highest BCUT2D eigenvalue weighted by molar-refractivity contribution is 5.83. The molecule has 5 rings (SSSR count). The van der Waals surface area contributed by atoms with Crippen LogP contribution in [0.4, 0.5) is 0 Å². The van der Waals surface area contributed by atoms with Crippen LogP contribution in [0.25, 0.3) is 0 Å². The molecule has 174 valence electrons. The normalized spacial score (nSPS) is 36.9. The van der Waals surface area contributed by atoms with E-state index in [2.05, 4.69) is 6.92 Å². The van der Waals surface area contributed by atoms with Gasteiger partial charge in [0.2, 0.25) is 6.10 Å². The third kappa shape index (κ3) is 4.23. The van der Waals surface area contributed by atoms with Crippen LogP contribution in [0.15, 0.2) is 0 Å². The van der Waals surface area contributed by atoms with E-state index >= 15 is 0 Å². The van der Waals surface area contributed by atoms with Crippen molar-refractivity contribution in [3.05, 3.63) is 0 Å². The molecular weight excluding hydrogens is 396 g/mol. The number of esters is 3. The zero-order valence-corrected chi connectivity index (χ0v) is 19.7. The molecule has 1 aliphatic heterocycles. The Hall–Kier alpha value is -1.59. The summed E-state index contributed by atoms with van der Waals surface area (Å²) in [7, 11) is 0. The van der Waals surface area contributed by atoms with E-state index in [9.17, 15) is 14.4 Å². The zero-order valence-electron chi connectivity index (χ0n) is 19.7. The van der Waals surface area contributed by atoms with E-state index in [1.807, 2.05) is 13.8 Å². The highest BCUT2D eigenvalue weighted by atomic mass is 16.6. The average Bonchev–Trinajstić information content (AvgIpc) is 3.08. The zero-order chi connectivity index (χ0) is 22.6. The van der Waals surface area contributed by atoms with Crippen LogP contribution in [-0.2, 0) is 28.6 Å². The molecular formula is C25H38O6. The van der Waals surface area contributed by atoms with Gasteiger partial charge in [-0.05, 0) is 96.3 Å². The molecule has 31 heavy (non-hydrogen) atoms. The quantitative estimate of drug-likeness (QED) is 0.435. The molecule has 0 spiro atoms.